The summed E-state index contributed by atoms with van der Waals surface area (Å²) in [6.07, 6.45) is 7.73. The first-order valence-electron chi connectivity index (χ1n) is 7.39. The van der Waals surface area contributed by atoms with Crippen molar-refractivity contribution in [2.24, 2.45) is 0 Å². The van der Waals surface area contributed by atoms with Crippen LogP contribution in [0.1, 0.15) is 32.1 Å². The molecule has 0 bridgehead atoms. The lowest BCUT2D eigenvalue weighted by Crippen LogP contribution is -2.23. The lowest BCUT2D eigenvalue weighted by molar-refractivity contribution is 0.460. The van der Waals surface area contributed by atoms with Gasteiger partial charge in [0.1, 0.15) is 0 Å². The molecule has 0 amide bonds. The number of nitrogens with zero attached hydrogens (tertiary/aromatic N) is 3. The summed E-state index contributed by atoms with van der Waals surface area (Å²) in [5.74, 6) is 1.17. The summed E-state index contributed by atoms with van der Waals surface area (Å²) in [5, 5.41) is 15.6. The molecule has 7 heteroatoms. The maximum absolute atomic E-state index is 6.01. The first-order chi connectivity index (χ1) is 10.7. The average molecular weight is 338 g/mol. The Labute approximate surface area is 139 Å². The summed E-state index contributed by atoms with van der Waals surface area (Å²) < 4.78 is 0. The van der Waals surface area contributed by atoms with E-state index < -0.39 is 0 Å². The minimum atomic E-state index is 0.441. The first-order valence-corrected chi connectivity index (χ1v) is 8.14. The number of aromatic nitrogens is 3. The molecule has 3 rings (SSSR count). The van der Waals surface area contributed by atoms with E-state index in [0.29, 0.717) is 27.9 Å². The van der Waals surface area contributed by atoms with E-state index in [2.05, 4.69) is 25.8 Å². The topological polar surface area (TPSA) is 62.7 Å². The fourth-order valence-electron chi connectivity index (χ4n) is 2.58. The highest BCUT2D eigenvalue weighted by atomic mass is 35.5. The van der Waals surface area contributed by atoms with Crippen molar-refractivity contribution >= 4 is 40.7 Å². The highest BCUT2D eigenvalue weighted by Gasteiger charge is 2.14. The van der Waals surface area contributed by atoms with Crippen LogP contribution in [0.25, 0.3) is 0 Å². The van der Waals surface area contributed by atoms with Gasteiger partial charge in [0.25, 0.3) is 0 Å². The van der Waals surface area contributed by atoms with Crippen LogP contribution < -0.4 is 10.6 Å². The Morgan fingerprint density at radius 1 is 1.05 bits per heavy atom. The van der Waals surface area contributed by atoms with Crippen molar-refractivity contribution < 1.29 is 0 Å². The van der Waals surface area contributed by atoms with E-state index in [1.807, 2.05) is 6.07 Å². The Balaban J connectivity index is 1.68. The normalized spacial score (nSPS) is 15.5. The zero-order chi connectivity index (χ0) is 15.4. The SMILES string of the molecule is Clc1ccc(Nc2cnnc(NC3CCCCC3)n2)cc1Cl. The van der Waals surface area contributed by atoms with Crippen LogP contribution in [-0.2, 0) is 0 Å². The summed E-state index contributed by atoms with van der Waals surface area (Å²) in [4.78, 5) is 4.44. The Kier molecular flexibility index (Phi) is 4.95. The molecule has 1 heterocycles. The Bertz CT molecular complexity index is 644. The summed E-state index contributed by atoms with van der Waals surface area (Å²) in [7, 11) is 0. The lowest BCUT2D eigenvalue weighted by Gasteiger charge is -2.22. The third-order valence-corrected chi connectivity index (χ3v) is 4.43. The number of nitrogens with one attached hydrogen (secondary N) is 2. The van der Waals surface area contributed by atoms with Gasteiger partial charge >= 0.3 is 0 Å². The monoisotopic (exact) mass is 337 g/mol. The molecule has 22 heavy (non-hydrogen) atoms. The molecule has 0 saturated heterocycles. The lowest BCUT2D eigenvalue weighted by atomic mass is 9.96. The van der Waals surface area contributed by atoms with Crippen molar-refractivity contribution in [3.63, 3.8) is 0 Å². The van der Waals surface area contributed by atoms with E-state index in [-0.39, 0.29) is 0 Å². The van der Waals surface area contributed by atoms with Crippen molar-refractivity contribution in [3.8, 4) is 0 Å². The van der Waals surface area contributed by atoms with Gasteiger partial charge in [-0.2, -0.15) is 10.1 Å². The molecular formula is C15H17Cl2N5. The van der Waals surface area contributed by atoms with Gasteiger partial charge in [-0.15, -0.1) is 5.10 Å². The number of halogens is 2. The zero-order valence-corrected chi connectivity index (χ0v) is 13.5. The van der Waals surface area contributed by atoms with Crippen molar-refractivity contribution in [2.45, 2.75) is 38.1 Å². The van der Waals surface area contributed by atoms with E-state index in [1.165, 1.54) is 19.3 Å². The number of anilines is 3. The molecule has 1 aromatic heterocycles. The van der Waals surface area contributed by atoms with Crippen LogP contribution in [0, 0.1) is 0 Å². The van der Waals surface area contributed by atoms with Crippen molar-refractivity contribution in [1.29, 1.82) is 0 Å². The van der Waals surface area contributed by atoms with Gasteiger partial charge in [-0.1, -0.05) is 42.5 Å². The quantitative estimate of drug-likeness (QED) is 0.848. The average Bonchev–Trinajstić information content (AvgIpc) is 2.52. The minimum absolute atomic E-state index is 0.441. The molecule has 2 aromatic rings. The van der Waals surface area contributed by atoms with Gasteiger partial charge < -0.3 is 10.6 Å². The van der Waals surface area contributed by atoms with E-state index in [0.717, 1.165) is 18.5 Å². The Morgan fingerprint density at radius 2 is 1.86 bits per heavy atom. The van der Waals surface area contributed by atoms with E-state index in [9.17, 15) is 0 Å². The summed E-state index contributed by atoms with van der Waals surface area (Å²) >= 11 is 11.9. The maximum Gasteiger partial charge on any atom is 0.244 e. The van der Waals surface area contributed by atoms with Crippen LogP contribution >= 0.6 is 23.2 Å². The van der Waals surface area contributed by atoms with Crippen LogP contribution in [0.3, 0.4) is 0 Å². The molecule has 0 unspecified atom stereocenters. The molecule has 1 aliphatic carbocycles. The Hall–Kier alpha value is -1.59. The Morgan fingerprint density at radius 3 is 2.64 bits per heavy atom. The third kappa shape index (κ3) is 3.99. The van der Waals surface area contributed by atoms with E-state index in [1.54, 1.807) is 18.3 Å². The summed E-state index contributed by atoms with van der Waals surface area (Å²) in [6, 6.07) is 5.77. The van der Waals surface area contributed by atoms with Crippen LogP contribution in [0.4, 0.5) is 17.5 Å². The molecule has 0 radical (unpaired) electrons. The largest absolute Gasteiger partial charge is 0.350 e. The minimum Gasteiger partial charge on any atom is -0.350 e. The molecule has 5 nitrogen and oxygen atoms in total. The van der Waals surface area contributed by atoms with Crippen molar-refractivity contribution in [2.75, 3.05) is 10.6 Å². The standard InChI is InChI=1S/C15H17Cl2N5/c16-12-7-6-11(8-13(12)17)19-14-9-18-22-15(21-14)20-10-4-2-1-3-5-10/h6-10H,1-5H2,(H2,19,20,21,22). The van der Waals surface area contributed by atoms with E-state index >= 15 is 0 Å². The van der Waals surface area contributed by atoms with Crippen LogP contribution in [-0.4, -0.2) is 21.2 Å². The number of benzene rings is 1. The molecule has 1 fully saturated rings. The zero-order valence-electron chi connectivity index (χ0n) is 12.0. The van der Waals surface area contributed by atoms with Gasteiger partial charge in [0.2, 0.25) is 5.95 Å². The fraction of sp³-hybridized carbons (Fsp3) is 0.400. The van der Waals surface area contributed by atoms with Crippen LogP contribution in [0.15, 0.2) is 24.4 Å². The maximum atomic E-state index is 6.01. The van der Waals surface area contributed by atoms with E-state index in [4.69, 9.17) is 23.2 Å². The smallest absolute Gasteiger partial charge is 0.244 e. The molecule has 0 atom stereocenters. The molecule has 1 saturated carbocycles. The second kappa shape index (κ2) is 7.11. The molecule has 1 aromatic carbocycles. The van der Waals surface area contributed by atoms with Crippen molar-refractivity contribution in [1.82, 2.24) is 15.2 Å². The molecule has 116 valence electrons. The predicted octanol–water partition coefficient (Wildman–Crippen LogP) is 4.67. The number of rotatable bonds is 4. The van der Waals surface area contributed by atoms with Gasteiger partial charge in [0, 0.05) is 11.7 Å². The number of hydrogen-bond acceptors (Lipinski definition) is 5. The molecule has 0 aliphatic heterocycles. The highest BCUT2D eigenvalue weighted by Crippen LogP contribution is 2.26. The van der Waals surface area contributed by atoms with Gasteiger partial charge in [0.05, 0.1) is 16.2 Å². The molecule has 1 aliphatic rings. The van der Waals surface area contributed by atoms with Crippen LogP contribution in [0.5, 0.6) is 0 Å². The van der Waals surface area contributed by atoms with Gasteiger partial charge in [0.15, 0.2) is 5.82 Å². The molecule has 2 N–H and O–H groups in total. The second-order valence-corrected chi connectivity index (χ2v) is 6.21. The second-order valence-electron chi connectivity index (χ2n) is 5.40. The van der Waals surface area contributed by atoms with Crippen LogP contribution in [0.2, 0.25) is 10.0 Å². The third-order valence-electron chi connectivity index (χ3n) is 3.69. The summed E-state index contributed by atoms with van der Waals surface area (Å²) in [6.45, 7) is 0. The first kappa shape index (κ1) is 15.3. The summed E-state index contributed by atoms with van der Waals surface area (Å²) in [5.41, 5.74) is 0.804. The predicted molar refractivity (Wildman–Crippen MR) is 90.1 cm³/mol. The number of hydrogen-bond donors (Lipinski definition) is 2. The van der Waals surface area contributed by atoms with Gasteiger partial charge in [-0.05, 0) is 31.0 Å². The highest BCUT2D eigenvalue weighted by molar-refractivity contribution is 6.42. The molecular weight excluding hydrogens is 321 g/mol. The van der Waals surface area contributed by atoms with Gasteiger partial charge in [-0.25, -0.2) is 0 Å². The van der Waals surface area contributed by atoms with Crippen molar-refractivity contribution in [3.05, 3.63) is 34.4 Å². The molecule has 0 spiro atoms. The van der Waals surface area contributed by atoms with Gasteiger partial charge in [-0.3, -0.25) is 0 Å². The fourth-order valence-corrected chi connectivity index (χ4v) is 2.87.